The Kier molecular flexibility index (Phi) is 4.35. The van der Waals surface area contributed by atoms with Gasteiger partial charge >= 0.3 is 0 Å². The number of carbonyl (C=O) groups is 1. The van der Waals surface area contributed by atoms with Crippen LogP contribution in [0.15, 0.2) is 24.3 Å². The minimum atomic E-state index is -0.0341. The van der Waals surface area contributed by atoms with Crippen molar-refractivity contribution < 1.29 is 4.79 Å². The van der Waals surface area contributed by atoms with E-state index in [1.165, 1.54) is 0 Å². The summed E-state index contributed by atoms with van der Waals surface area (Å²) in [7, 11) is 0. The van der Waals surface area contributed by atoms with Crippen LogP contribution in [0.5, 0.6) is 0 Å². The number of benzene rings is 1. The molecule has 0 aromatic heterocycles. The van der Waals surface area contributed by atoms with Gasteiger partial charge in [-0.3, -0.25) is 4.79 Å². The van der Waals surface area contributed by atoms with Crippen molar-refractivity contribution in [2.75, 3.05) is 5.73 Å². The lowest BCUT2D eigenvalue weighted by Crippen LogP contribution is -2.33. The summed E-state index contributed by atoms with van der Waals surface area (Å²) in [5, 5.41) is 2.97. The van der Waals surface area contributed by atoms with E-state index in [-0.39, 0.29) is 11.9 Å². The van der Waals surface area contributed by atoms with Crippen molar-refractivity contribution >= 4 is 11.6 Å². The smallest absolute Gasteiger partial charge is 0.251 e. The van der Waals surface area contributed by atoms with E-state index >= 15 is 0 Å². The molecule has 1 aromatic carbocycles. The predicted octanol–water partition coefficient (Wildman–Crippen LogP) is 2.43. The Morgan fingerprint density at radius 3 is 2.31 bits per heavy atom. The Hall–Kier alpha value is -1.51. The first-order chi connectivity index (χ1) is 7.49. The zero-order chi connectivity index (χ0) is 12.1. The van der Waals surface area contributed by atoms with E-state index in [4.69, 9.17) is 5.73 Å². The van der Waals surface area contributed by atoms with Crippen LogP contribution in [0.2, 0.25) is 0 Å². The molecule has 0 saturated heterocycles. The lowest BCUT2D eigenvalue weighted by molar-refractivity contribution is 0.0936. The third-order valence-electron chi connectivity index (χ3n) is 2.38. The molecule has 0 fully saturated rings. The monoisotopic (exact) mass is 220 g/mol. The van der Waals surface area contributed by atoms with Gasteiger partial charge < -0.3 is 11.1 Å². The highest BCUT2D eigenvalue weighted by Crippen LogP contribution is 2.08. The molecule has 1 aromatic rings. The van der Waals surface area contributed by atoms with Crippen molar-refractivity contribution in [3.63, 3.8) is 0 Å². The van der Waals surface area contributed by atoms with Gasteiger partial charge in [-0.15, -0.1) is 0 Å². The van der Waals surface area contributed by atoms with Gasteiger partial charge in [-0.25, -0.2) is 0 Å². The Morgan fingerprint density at radius 2 is 1.81 bits per heavy atom. The summed E-state index contributed by atoms with van der Waals surface area (Å²) in [5.41, 5.74) is 6.89. The van der Waals surface area contributed by atoms with Crippen LogP contribution < -0.4 is 11.1 Å². The van der Waals surface area contributed by atoms with Gasteiger partial charge in [0.1, 0.15) is 0 Å². The fourth-order valence-electron chi connectivity index (χ4n) is 1.71. The molecule has 0 aliphatic rings. The zero-order valence-corrected chi connectivity index (χ0v) is 10.2. The van der Waals surface area contributed by atoms with Gasteiger partial charge in [0.2, 0.25) is 0 Å². The second-order valence-electron chi connectivity index (χ2n) is 4.63. The van der Waals surface area contributed by atoms with Gasteiger partial charge in [-0.1, -0.05) is 13.8 Å². The summed E-state index contributed by atoms with van der Waals surface area (Å²) in [6.07, 6.45) is 0.987. The molecular weight excluding hydrogens is 200 g/mol. The second kappa shape index (κ2) is 5.54. The van der Waals surface area contributed by atoms with Crippen LogP contribution in [-0.2, 0) is 0 Å². The molecule has 0 aliphatic carbocycles. The number of hydrogen-bond acceptors (Lipinski definition) is 2. The molecule has 1 rings (SSSR count). The third kappa shape index (κ3) is 3.93. The zero-order valence-electron chi connectivity index (χ0n) is 10.2. The summed E-state index contributed by atoms with van der Waals surface area (Å²) >= 11 is 0. The van der Waals surface area contributed by atoms with Crippen LogP contribution in [0.4, 0.5) is 5.69 Å². The number of hydrogen-bond donors (Lipinski definition) is 2. The van der Waals surface area contributed by atoms with Crippen molar-refractivity contribution in [3.8, 4) is 0 Å². The van der Waals surface area contributed by atoms with E-state index in [1.807, 2.05) is 6.92 Å². The maximum Gasteiger partial charge on any atom is 0.251 e. The van der Waals surface area contributed by atoms with E-state index in [2.05, 4.69) is 19.2 Å². The largest absolute Gasteiger partial charge is 0.399 e. The number of rotatable bonds is 4. The van der Waals surface area contributed by atoms with Gasteiger partial charge in [0.15, 0.2) is 0 Å². The Morgan fingerprint density at radius 1 is 1.25 bits per heavy atom. The van der Waals surface area contributed by atoms with Crippen molar-refractivity contribution in [2.24, 2.45) is 5.92 Å². The highest BCUT2D eigenvalue weighted by Gasteiger charge is 2.10. The molecule has 0 bridgehead atoms. The van der Waals surface area contributed by atoms with Crippen molar-refractivity contribution in [1.82, 2.24) is 5.32 Å². The van der Waals surface area contributed by atoms with Gasteiger partial charge in [0, 0.05) is 17.3 Å². The first-order valence-electron chi connectivity index (χ1n) is 5.65. The molecule has 0 saturated carbocycles. The number of anilines is 1. The van der Waals surface area contributed by atoms with Gasteiger partial charge in [0.25, 0.3) is 5.91 Å². The van der Waals surface area contributed by atoms with Crippen LogP contribution in [0.3, 0.4) is 0 Å². The summed E-state index contributed by atoms with van der Waals surface area (Å²) in [5.74, 6) is 0.551. The molecule has 0 heterocycles. The van der Waals surface area contributed by atoms with Gasteiger partial charge in [-0.05, 0) is 43.5 Å². The summed E-state index contributed by atoms with van der Waals surface area (Å²) in [6.45, 7) is 6.31. The number of nitrogens with one attached hydrogen (secondary N) is 1. The van der Waals surface area contributed by atoms with Gasteiger partial charge in [-0.2, -0.15) is 0 Å². The minimum absolute atomic E-state index is 0.0341. The average molecular weight is 220 g/mol. The predicted molar refractivity (Wildman–Crippen MR) is 67.2 cm³/mol. The van der Waals surface area contributed by atoms with Crippen LogP contribution in [0, 0.1) is 5.92 Å². The standard InChI is InChI=1S/C13H20N2O/c1-9(2)8-10(3)15-13(16)11-4-6-12(14)7-5-11/h4-7,9-10H,8,14H2,1-3H3,(H,15,16). The number of nitrogen functional groups attached to an aromatic ring is 1. The molecule has 88 valence electrons. The summed E-state index contributed by atoms with van der Waals surface area (Å²) in [4.78, 5) is 11.8. The molecule has 3 nitrogen and oxygen atoms in total. The van der Waals surface area contributed by atoms with E-state index in [1.54, 1.807) is 24.3 Å². The molecule has 1 unspecified atom stereocenters. The molecule has 3 heteroatoms. The Labute approximate surface area is 97.0 Å². The topological polar surface area (TPSA) is 55.1 Å². The van der Waals surface area contributed by atoms with Crippen LogP contribution in [0.1, 0.15) is 37.6 Å². The first kappa shape index (κ1) is 12.6. The average Bonchev–Trinajstić information content (AvgIpc) is 2.16. The second-order valence-corrected chi connectivity index (χ2v) is 4.63. The summed E-state index contributed by atoms with van der Waals surface area (Å²) in [6, 6.07) is 7.16. The van der Waals surface area contributed by atoms with E-state index in [0.29, 0.717) is 17.2 Å². The molecule has 3 N–H and O–H groups in total. The van der Waals surface area contributed by atoms with Crippen molar-refractivity contribution in [3.05, 3.63) is 29.8 Å². The summed E-state index contributed by atoms with van der Waals surface area (Å²) < 4.78 is 0. The SMILES string of the molecule is CC(C)CC(C)NC(=O)c1ccc(N)cc1. The fraction of sp³-hybridized carbons (Fsp3) is 0.462. The van der Waals surface area contributed by atoms with E-state index < -0.39 is 0 Å². The van der Waals surface area contributed by atoms with Crippen LogP contribution in [0.25, 0.3) is 0 Å². The third-order valence-corrected chi connectivity index (χ3v) is 2.38. The van der Waals surface area contributed by atoms with Crippen molar-refractivity contribution in [1.29, 1.82) is 0 Å². The molecular formula is C13H20N2O. The Balaban J connectivity index is 2.55. The van der Waals surface area contributed by atoms with Crippen LogP contribution >= 0.6 is 0 Å². The molecule has 0 aliphatic heterocycles. The molecule has 0 spiro atoms. The fourth-order valence-corrected chi connectivity index (χ4v) is 1.71. The highest BCUT2D eigenvalue weighted by atomic mass is 16.1. The quantitative estimate of drug-likeness (QED) is 0.766. The highest BCUT2D eigenvalue weighted by molar-refractivity contribution is 5.94. The minimum Gasteiger partial charge on any atom is -0.399 e. The number of carbonyl (C=O) groups excluding carboxylic acids is 1. The maximum absolute atomic E-state index is 11.8. The number of amides is 1. The van der Waals surface area contributed by atoms with E-state index in [9.17, 15) is 4.79 Å². The van der Waals surface area contributed by atoms with E-state index in [0.717, 1.165) is 6.42 Å². The van der Waals surface area contributed by atoms with Crippen molar-refractivity contribution in [2.45, 2.75) is 33.2 Å². The molecule has 16 heavy (non-hydrogen) atoms. The van der Waals surface area contributed by atoms with Gasteiger partial charge in [0.05, 0.1) is 0 Å². The molecule has 0 radical (unpaired) electrons. The lowest BCUT2D eigenvalue weighted by atomic mass is 10.0. The maximum atomic E-state index is 11.8. The Bertz CT molecular complexity index is 343. The first-order valence-corrected chi connectivity index (χ1v) is 5.65. The molecule has 1 amide bonds. The lowest BCUT2D eigenvalue weighted by Gasteiger charge is -2.15. The molecule has 1 atom stereocenters. The normalized spacial score (nSPS) is 12.5. The number of nitrogens with two attached hydrogens (primary N) is 1. The van der Waals surface area contributed by atoms with Crippen LogP contribution in [-0.4, -0.2) is 11.9 Å².